The highest BCUT2D eigenvalue weighted by atomic mass is 16.3. The molecule has 0 amide bonds. The zero-order chi connectivity index (χ0) is 17.8. The van der Waals surface area contributed by atoms with Crippen LogP contribution in [0.25, 0.3) is 22.4 Å². The minimum atomic E-state index is -0.0649. The van der Waals surface area contributed by atoms with E-state index in [-0.39, 0.29) is 6.61 Å². The van der Waals surface area contributed by atoms with Crippen molar-refractivity contribution >= 4 is 11.5 Å². The van der Waals surface area contributed by atoms with Gasteiger partial charge in [-0.3, -0.25) is 10.1 Å². The van der Waals surface area contributed by atoms with Crippen LogP contribution >= 0.6 is 0 Å². The van der Waals surface area contributed by atoms with Gasteiger partial charge in [0.2, 0.25) is 0 Å². The molecule has 5 heteroatoms. The summed E-state index contributed by atoms with van der Waals surface area (Å²) < 4.78 is 0. The number of aliphatic hydroxyl groups excluding tert-OH is 1. The Hall–Kier alpha value is -3.44. The van der Waals surface area contributed by atoms with Crippen molar-refractivity contribution in [1.29, 1.82) is 0 Å². The summed E-state index contributed by atoms with van der Waals surface area (Å²) in [6.45, 7) is -0.0649. The second-order valence-corrected chi connectivity index (χ2v) is 5.94. The summed E-state index contributed by atoms with van der Waals surface area (Å²) in [6.07, 6.45) is 1.68. The number of aliphatic hydroxyl groups is 1. The quantitative estimate of drug-likeness (QED) is 0.503. The summed E-state index contributed by atoms with van der Waals surface area (Å²) in [5.41, 5.74) is 5.80. The third kappa shape index (κ3) is 3.48. The van der Waals surface area contributed by atoms with E-state index in [1.165, 1.54) is 5.56 Å². The molecule has 0 aliphatic carbocycles. The van der Waals surface area contributed by atoms with Gasteiger partial charge in [0.1, 0.15) is 0 Å². The molecular weight excluding hydrogens is 324 g/mol. The maximum absolute atomic E-state index is 9.05. The largest absolute Gasteiger partial charge is 0.390 e. The number of anilines is 2. The Morgan fingerprint density at radius 1 is 0.846 bits per heavy atom. The Bertz CT molecular complexity index is 994. The zero-order valence-electron chi connectivity index (χ0n) is 14.1. The average Bonchev–Trinajstić information content (AvgIpc) is 3.18. The van der Waals surface area contributed by atoms with Crippen LogP contribution in [0.3, 0.4) is 0 Å². The molecule has 2 aromatic carbocycles. The van der Waals surface area contributed by atoms with Gasteiger partial charge in [0.05, 0.1) is 29.9 Å². The van der Waals surface area contributed by atoms with Crippen LogP contribution in [-0.2, 0) is 6.61 Å². The number of H-pyrrole nitrogens is 1. The van der Waals surface area contributed by atoms with Crippen LogP contribution in [0.1, 0.15) is 5.69 Å². The normalized spacial score (nSPS) is 10.7. The summed E-state index contributed by atoms with van der Waals surface area (Å²) in [5.74, 6) is 0.712. The first-order valence-electron chi connectivity index (χ1n) is 8.36. The van der Waals surface area contributed by atoms with E-state index in [9.17, 15) is 0 Å². The maximum atomic E-state index is 9.05. The predicted octanol–water partition coefficient (Wildman–Crippen LogP) is 4.37. The van der Waals surface area contributed by atoms with Crippen LogP contribution in [0.15, 0.2) is 79.0 Å². The van der Waals surface area contributed by atoms with Crippen molar-refractivity contribution < 1.29 is 5.11 Å². The number of benzene rings is 2. The molecule has 0 bridgehead atoms. The molecular formula is C21H18N4O. The Kier molecular flexibility index (Phi) is 4.45. The van der Waals surface area contributed by atoms with Crippen molar-refractivity contribution in [1.82, 2.24) is 15.2 Å². The van der Waals surface area contributed by atoms with Crippen LogP contribution in [0.5, 0.6) is 0 Å². The molecule has 4 rings (SSSR count). The second-order valence-electron chi connectivity index (χ2n) is 5.94. The SMILES string of the molecule is OCc1ccc(Nc2cc(-c3cccc(-c4ccccc4)c3)[nH]n2)cn1. The molecule has 0 fully saturated rings. The van der Waals surface area contributed by atoms with E-state index in [1.54, 1.807) is 12.3 Å². The van der Waals surface area contributed by atoms with E-state index in [4.69, 9.17) is 5.11 Å². The third-order valence-electron chi connectivity index (χ3n) is 4.12. The van der Waals surface area contributed by atoms with Crippen molar-refractivity contribution in [2.24, 2.45) is 0 Å². The fraction of sp³-hybridized carbons (Fsp3) is 0.0476. The molecule has 128 valence electrons. The van der Waals surface area contributed by atoms with Gasteiger partial charge in [-0.1, -0.05) is 48.5 Å². The lowest BCUT2D eigenvalue weighted by Crippen LogP contribution is -1.93. The lowest BCUT2D eigenvalue weighted by atomic mass is 10.0. The number of nitrogens with one attached hydrogen (secondary N) is 2. The Labute approximate surface area is 151 Å². The number of nitrogens with zero attached hydrogens (tertiary/aromatic N) is 2. The lowest BCUT2D eigenvalue weighted by Gasteiger charge is -2.04. The second kappa shape index (κ2) is 7.21. The van der Waals surface area contributed by atoms with Crippen molar-refractivity contribution in [3.63, 3.8) is 0 Å². The van der Waals surface area contributed by atoms with E-state index in [2.05, 4.69) is 50.8 Å². The fourth-order valence-electron chi connectivity index (χ4n) is 2.77. The predicted molar refractivity (Wildman–Crippen MR) is 103 cm³/mol. The van der Waals surface area contributed by atoms with E-state index in [0.29, 0.717) is 11.5 Å². The first kappa shape index (κ1) is 16.1. The Morgan fingerprint density at radius 2 is 1.65 bits per heavy atom. The van der Waals surface area contributed by atoms with E-state index >= 15 is 0 Å². The van der Waals surface area contributed by atoms with Crippen LogP contribution < -0.4 is 5.32 Å². The standard InChI is InChI=1S/C21H18N4O/c26-14-19-10-9-18(13-22-19)23-21-12-20(24-25-21)17-8-4-7-16(11-17)15-5-2-1-3-6-15/h1-13,26H,14H2,(H2,23,24,25). The van der Waals surface area contributed by atoms with Crippen molar-refractivity contribution in [2.75, 3.05) is 5.32 Å². The average molecular weight is 342 g/mol. The highest BCUT2D eigenvalue weighted by Gasteiger charge is 2.06. The molecule has 0 aliphatic rings. The van der Waals surface area contributed by atoms with E-state index in [0.717, 1.165) is 22.5 Å². The summed E-state index contributed by atoms with van der Waals surface area (Å²) in [5, 5.41) is 19.6. The van der Waals surface area contributed by atoms with Gasteiger partial charge < -0.3 is 10.4 Å². The molecule has 0 atom stereocenters. The first-order chi connectivity index (χ1) is 12.8. The van der Waals surface area contributed by atoms with Gasteiger partial charge in [-0.2, -0.15) is 5.10 Å². The molecule has 4 aromatic rings. The zero-order valence-corrected chi connectivity index (χ0v) is 14.1. The molecule has 5 nitrogen and oxygen atoms in total. The van der Waals surface area contributed by atoms with Crippen LogP contribution in [-0.4, -0.2) is 20.3 Å². The number of rotatable bonds is 5. The third-order valence-corrected chi connectivity index (χ3v) is 4.12. The molecule has 2 aromatic heterocycles. The van der Waals surface area contributed by atoms with Crippen molar-refractivity contribution in [3.05, 3.63) is 84.7 Å². The van der Waals surface area contributed by atoms with Gasteiger partial charge >= 0.3 is 0 Å². The number of hydrogen-bond acceptors (Lipinski definition) is 4. The molecule has 26 heavy (non-hydrogen) atoms. The van der Waals surface area contributed by atoms with Gasteiger partial charge in [0, 0.05) is 11.6 Å². The van der Waals surface area contributed by atoms with Gasteiger partial charge in [-0.05, 0) is 29.3 Å². The molecule has 0 unspecified atom stereocenters. The topological polar surface area (TPSA) is 73.8 Å². The smallest absolute Gasteiger partial charge is 0.152 e. The van der Waals surface area contributed by atoms with Crippen molar-refractivity contribution in [2.45, 2.75) is 6.61 Å². The number of pyridine rings is 1. The summed E-state index contributed by atoms with van der Waals surface area (Å²) in [6, 6.07) is 24.2. The number of aromatic amines is 1. The maximum Gasteiger partial charge on any atom is 0.152 e. The van der Waals surface area contributed by atoms with E-state index < -0.39 is 0 Å². The molecule has 0 radical (unpaired) electrons. The Balaban J connectivity index is 1.56. The lowest BCUT2D eigenvalue weighted by molar-refractivity contribution is 0.277. The van der Waals surface area contributed by atoms with Gasteiger partial charge in [-0.15, -0.1) is 0 Å². The monoisotopic (exact) mass is 342 g/mol. The summed E-state index contributed by atoms with van der Waals surface area (Å²) >= 11 is 0. The van der Waals surface area contributed by atoms with Crippen LogP contribution in [0.4, 0.5) is 11.5 Å². The van der Waals surface area contributed by atoms with Gasteiger partial charge in [-0.25, -0.2) is 0 Å². The molecule has 3 N–H and O–H groups in total. The van der Waals surface area contributed by atoms with Crippen LogP contribution in [0.2, 0.25) is 0 Å². The highest BCUT2D eigenvalue weighted by Crippen LogP contribution is 2.27. The Morgan fingerprint density at radius 3 is 2.42 bits per heavy atom. The summed E-state index contributed by atoms with van der Waals surface area (Å²) in [4.78, 5) is 4.15. The molecule has 2 heterocycles. The van der Waals surface area contributed by atoms with Crippen LogP contribution in [0, 0.1) is 0 Å². The minimum Gasteiger partial charge on any atom is -0.390 e. The molecule has 0 saturated carbocycles. The summed E-state index contributed by atoms with van der Waals surface area (Å²) in [7, 11) is 0. The van der Waals surface area contributed by atoms with Gasteiger partial charge in [0.15, 0.2) is 5.82 Å². The number of hydrogen-bond donors (Lipinski definition) is 3. The van der Waals surface area contributed by atoms with Crippen molar-refractivity contribution in [3.8, 4) is 22.4 Å². The number of aromatic nitrogens is 3. The first-order valence-corrected chi connectivity index (χ1v) is 8.36. The fourth-order valence-corrected chi connectivity index (χ4v) is 2.77. The van der Waals surface area contributed by atoms with E-state index in [1.807, 2.05) is 36.4 Å². The molecule has 0 saturated heterocycles. The minimum absolute atomic E-state index is 0.0649. The van der Waals surface area contributed by atoms with Gasteiger partial charge in [0.25, 0.3) is 0 Å². The molecule has 0 spiro atoms. The molecule has 0 aliphatic heterocycles. The highest BCUT2D eigenvalue weighted by molar-refractivity contribution is 5.73.